The van der Waals surface area contributed by atoms with Crippen molar-refractivity contribution in [2.45, 2.75) is 26.3 Å². The normalized spacial score (nSPS) is 19.5. The number of rotatable bonds is 3. The zero-order chi connectivity index (χ0) is 11.5. The Bertz CT molecular complexity index is 327. The molecule has 1 aromatic heterocycles. The highest BCUT2D eigenvalue weighted by atomic mass is 32.1. The molecule has 90 valence electrons. The molecule has 2 heterocycles. The van der Waals surface area contributed by atoms with E-state index in [0.29, 0.717) is 5.92 Å². The Morgan fingerprint density at radius 2 is 2.00 bits per heavy atom. The van der Waals surface area contributed by atoms with Crippen molar-refractivity contribution in [3.05, 3.63) is 16.1 Å². The maximum atomic E-state index is 4.48. The summed E-state index contributed by atoms with van der Waals surface area (Å²) in [7, 11) is 2.20. The molecule has 2 rings (SSSR count). The molecule has 1 saturated heterocycles. The minimum Gasteiger partial charge on any atom is -0.304 e. The maximum absolute atomic E-state index is 4.48. The molecule has 1 aliphatic heterocycles. The second-order valence-electron chi connectivity index (χ2n) is 4.90. The lowest BCUT2D eigenvalue weighted by molar-refractivity contribution is 0.149. The van der Waals surface area contributed by atoms with E-state index in [1.54, 1.807) is 0 Å². The molecule has 0 bridgehead atoms. The number of piperazine rings is 1. The lowest BCUT2D eigenvalue weighted by Crippen LogP contribution is -2.43. The quantitative estimate of drug-likeness (QED) is 0.804. The topological polar surface area (TPSA) is 19.4 Å². The van der Waals surface area contributed by atoms with E-state index < -0.39 is 0 Å². The van der Waals surface area contributed by atoms with Crippen LogP contribution in [0.25, 0.3) is 0 Å². The van der Waals surface area contributed by atoms with Crippen molar-refractivity contribution in [1.82, 2.24) is 14.8 Å². The van der Waals surface area contributed by atoms with Gasteiger partial charge in [-0.1, -0.05) is 13.8 Å². The van der Waals surface area contributed by atoms with Crippen LogP contribution in [0.15, 0.2) is 6.20 Å². The van der Waals surface area contributed by atoms with Crippen molar-refractivity contribution in [3.8, 4) is 0 Å². The Morgan fingerprint density at radius 1 is 1.31 bits per heavy atom. The molecule has 0 aliphatic carbocycles. The highest BCUT2D eigenvalue weighted by molar-refractivity contribution is 7.11. The van der Waals surface area contributed by atoms with Crippen molar-refractivity contribution < 1.29 is 0 Å². The second-order valence-corrected chi connectivity index (χ2v) is 6.05. The summed E-state index contributed by atoms with van der Waals surface area (Å²) in [4.78, 5) is 10.8. The van der Waals surface area contributed by atoms with Crippen molar-refractivity contribution in [1.29, 1.82) is 0 Å². The highest BCUT2D eigenvalue weighted by Crippen LogP contribution is 2.22. The highest BCUT2D eigenvalue weighted by Gasteiger charge is 2.15. The van der Waals surface area contributed by atoms with Crippen LogP contribution in [0.1, 0.15) is 29.7 Å². The Hall–Kier alpha value is -0.450. The molecule has 1 fully saturated rings. The molecular formula is C12H21N3S. The van der Waals surface area contributed by atoms with Crippen molar-refractivity contribution in [3.63, 3.8) is 0 Å². The van der Waals surface area contributed by atoms with Gasteiger partial charge < -0.3 is 4.90 Å². The van der Waals surface area contributed by atoms with Crippen molar-refractivity contribution >= 4 is 11.3 Å². The molecule has 1 aromatic rings. The average Bonchev–Trinajstić information content (AvgIpc) is 2.70. The van der Waals surface area contributed by atoms with Crippen molar-refractivity contribution in [2.24, 2.45) is 0 Å². The van der Waals surface area contributed by atoms with Gasteiger partial charge in [0.1, 0.15) is 0 Å². The fraction of sp³-hybridized carbons (Fsp3) is 0.750. The van der Waals surface area contributed by atoms with E-state index in [2.05, 4.69) is 41.9 Å². The zero-order valence-electron chi connectivity index (χ0n) is 10.4. The molecule has 1 aliphatic rings. The predicted octanol–water partition coefficient (Wildman–Crippen LogP) is 2.01. The Balaban J connectivity index is 1.88. The zero-order valence-corrected chi connectivity index (χ0v) is 11.3. The number of nitrogens with zero attached hydrogens (tertiary/aromatic N) is 3. The minimum atomic E-state index is 0.561. The van der Waals surface area contributed by atoms with E-state index in [-0.39, 0.29) is 0 Å². The van der Waals surface area contributed by atoms with Gasteiger partial charge in [-0.3, -0.25) is 4.90 Å². The van der Waals surface area contributed by atoms with Gasteiger partial charge in [0.15, 0.2) is 0 Å². The number of hydrogen-bond acceptors (Lipinski definition) is 4. The van der Waals surface area contributed by atoms with Gasteiger partial charge in [-0.2, -0.15) is 0 Å². The molecule has 0 spiro atoms. The van der Waals surface area contributed by atoms with Crippen LogP contribution in [0.5, 0.6) is 0 Å². The monoisotopic (exact) mass is 239 g/mol. The van der Waals surface area contributed by atoms with Gasteiger partial charge in [0.2, 0.25) is 0 Å². The minimum absolute atomic E-state index is 0.561. The first-order valence-corrected chi connectivity index (χ1v) is 6.82. The van der Waals surface area contributed by atoms with Crippen LogP contribution in [0.3, 0.4) is 0 Å². The first-order chi connectivity index (χ1) is 7.65. The molecule has 3 nitrogen and oxygen atoms in total. The predicted molar refractivity (Wildman–Crippen MR) is 69.0 cm³/mol. The molecule has 0 aromatic carbocycles. The van der Waals surface area contributed by atoms with Crippen LogP contribution < -0.4 is 0 Å². The first kappa shape index (κ1) is 12.0. The van der Waals surface area contributed by atoms with Crippen LogP contribution in [-0.2, 0) is 6.54 Å². The van der Waals surface area contributed by atoms with Gasteiger partial charge in [0.05, 0.1) is 5.01 Å². The summed E-state index contributed by atoms with van der Waals surface area (Å²) in [6.45, 7) is 10.2. The van der Waals surface area contributed by atoms with Crippen LogP contribution in [-0.4, -0.2) is 48.0 Å². The summed E-state index contributed by atoms with van der Waals surface area (Å²) in [6, 6.07) is 0. The summed E-state index contributed by atoms with van der Waals surface area (Å²) in [5, 5.41) is 1.27. The van der Waals surface area contributed by atoms with Gasteiger partial charge in [-0.05, 0) is 7.05 Å². The Labute approximate surface area is 102 Å². The summed E-state index contributed by atoms with van der Waals surface area (Å²) >= 11 is 1.87. The van der Waals surface area contributed by atoms with E-state index in [1.807, 2.05) is 11.3 Å². The third-order valence-electron chi connectivity index (χ3n) is 3.04. The molecule has 0 radical (unpaired) electrons. The molecule has 0 N–H and O–H groups in total. The van der Waals surface area contributed by atoms with E-state index in [9.17, 15) is 0 Å². The molecule has 0 atom stereocenters. The van der Waals surface area contributed by atoms with E-state index in [0.717, 1.165) is 6.54 Å². The number of thiazole rings is 1. The second kappa shape index (κ2) is 5.25. The number of hydrogen-bond donors (Lipinski definition) is 0. The van der Waals surface area contributed by atoms with Gasteiger partial charge in [0.25, 0.3) is 0 Å². The van der Waals surface area contributed by atoms with Gasteiger partial charge in [-0.15, -0.1) is 11.3 Å². The molecule has 16 heavy (non-hydrogen) atoms. The smallest absolute Gasteiger partial charge is 0.0953 e. The molecule has 4 heteroatoms. The first-order valence-electron chi connectivity index (χ1n) is 6.00. The van der Waals surface area contributed by atoms with Gasteiger partial charge >= 0.3 is 0 Å². The van der Waals surface area contributed by atoms with Gasteiger partial charge in [-0.25, -0.2) is 4.98 Å². The Kier molecular flexibility index (Phi) is 3.95. The largest absolute Gasteiger partial charge is 0.304 e. The standard InChI is InChI=1S/C12H21N3S/c1-10(2)12-13-8-11(16-12)9-15-6-4-14(3)5-7-15/h8,10H,4-7,9H2,1-3H3. The van der Waals surface area contributed by atoms with Crippen LogP contribution in [0.2, 0.25) is 0 Å². The fourth-order valence-electron chi connectivity index (χ4n) is 1.89. The number of aromatic nitrogens is 1. The van der Waals surface area contributed by atoms with E-state index in [4.69, 9.17) is 0 Å². The fourth-order valence-corrected chi connectivity index (χ4v) is 2.85. The van der Waals surface area contributed by atoms with Crippen molar-refractivity contribution in [2.75, 3.05) is 33.2 Å². The summed E-state index contributed by atoms with van der Waals surface area (Å²) in [6.07, 6.45) is 2.05. The third-order valence-corrected chi connectivity index (χ3v) is 4.32. The Morgan fingerprint density at radius 3 is 2.56 bits per heavy atom. The van der Waals surface area contributed by atoms with Crippen LogP contribution in [0, 0.1) is 0 Å². The van der Waals surface area contributed by atoms with Crippen LogP contribution >= 0.6 is 11.3 Å². The average molecular weight is 239 g/mol. The molecular weight excluding hydrogens is 218 g/mol. The third kappa shape index (κ3) is 3.03. The SMILES string of the molecule is CC(C)c1ncc(CN2CCN(C)CC2)s1. The van der Waals surface area contributed by atoms with Crippen LogP contribution in [0.4, 0.5) is 0 Å². The van der Waals surface area contributed by atoms with E-state index >= 15 is 0 Å². The summed E-state index contributed by atoms with van der Waals surface area (Å²) in [5.41, 5.74) is 0. The lowest BCUT2D eigenvalue weighted by Gasteiger charge is -2.31. The lowest BCUT2D eigenvalue weighted by atomic mass is 10.2. The molecule has 0 saturated carbocycles. The van der Waals surface area contributed by atoms with Gasteiger partial charge in [0, 0.05) is 49.7 Å². The molecule has 0 amide bonds. The van der Waals surface area contributed by atoms with E-state index in [1.165, 1.54) is 36.1 Å². The summed E-state index contributed by atoms with van der Waals surface area (Å²) in [5.74, 6) is 0.561. The summed E-state index contributed by atoms with van der Waals surface area (Å²) < 4.78 is 0. The maximum Gasteiger partial charge on any atom is 0.0953 e. The number of likely N-dealkylation sites (N-methyl/N-ethyl adjacent to an activating group) is 1. The molecule has 0 unspecified atom stereocenters.